The summed E-state index contributed by atoms with van der Waals surface area (Å²) in [6.07, 6.45) is 0.159. The average Bonchev–Trinajstić information content (AvgIpc) is 2.39. The summed E-state index contributed by atoms with van der Waals surface area (Å²) < 4.78 is 12.1. The van der Waals surface area contributed by atoms with Crippen LogP contribution in [-0.2, 0) is 16.0 Å². The second-order valence-electron chi connectivity index (χ2n) is 4.28. The number of aryl methyl sites for hydroxylation is 1. The van der Waals surface area contributed by atoms with Crippen molar-refractivity contribution in [2.45, 2.75) is 47.0 Å². The Morgan fingerprint density at radius 1 is 1.11 bits per heavy atom. The van der Waals surface area contributed by atoms with E-state index in [4.69, 9.17) is 9.47 Å². The molecule has 0 atom stereocenters. The van der Waals surface area contributed by atoms with Crippen LogP contribution in [0.5, 0.6) is 0 Å². The van der Waals surface area contributed by atoms with Crippen molar-refractivity contribution in [3.05, 3.63) is 31.8 Å². The lowest BCUT2D eigenvalue weighted by Gasteiger charge is -2.17. The first-order valence-electron chi connectivity index (χ1n) is 6.54. The summed E-state index contributed by atoms with van der Waals surface area (Å²) in [7, 11) is 0. The van der Waals surface area contributed by atoms with Crippen molar-refractivity contribution in [1.29, 1.82) is 0 Å². The van der Waals surface area contributed by atoms with E-state index in [1.54, 1.807) is 13.8 Å². The predicted molar refractivity (Wildman–Crippen MR) is 72.5 cm³/mol. The van der Waals surface area contributed by atoms with E-state index in [1.807, 2.05) is 13.8 Å². The number of aromatic nitrogens is 2. The standard InChI is InChI=1S/C13H22N2O4/c1-5-18-11(19-6-2)7-8-15-13(17)10(4)9(3)12(16)14-15/h11H,5-8H2,1-4H3,(H,14,16). The maximum Gasteiger partial charge on any atom is 0.268 e. The van der Waals surface area contributed by atoms with Gasteiger partial charge in [0.15, 0.2) is 6.29 Å². The van der Waals surface area contributed by atoms with Gasteiger partial charge in [-0.25, -0.2) is 4.68 Å². The molecule has 1 heterocycles. The lowest BCUT2D eigenvalue weighted by Crippen LogP contribution is -2.34. The molecule has 0 unspecified atom stereocenters. The van der Waals surface area contributed by atoms with Crippen LogP contribution in [0.3, 0.4) is 0 Å². The molecule has 0 fully saturated rings. The van der Waals surface area contributed by atoms with Crippen molar-refractivity contribution in [1.82, 2.24) is 9.78 Å². The van der Waals surface area contributed by atoms with Crippen LogP contribution in [0.2, 0.25) is 0 Å². The smallest absolute Gasteiger partial charge is 0.268 e. The maximum atomic E-state index is 12.0. The minimum absolute atomic E-state index is 0.177. The van der Waals surface area contributed by atoms with E-state index in [-0.39, 0.29) is 17.4 Å². The van der Waals surface area contributed by atoms with Crippen LogP contribution in [0.4, 0.5) is 0 Å². The van der Waals surface area contributed by atoms with Crippen LogP contribution >= 0.6 is 0 Å². The highest BCUT2D eigenvalue weighted by Crippen LogP contribution is 2.02. The zero-order chi connectivity index (χ0) is 14.4. The second kappa shape index (κ2) is 7.25. The molecule has 6 nitrogen and oxygen atoms in total. The van der Waals surface area contributed by atoms with Crippen molar-refractivity contribution >= 4 is 0 Å². The summed E-state index contributed by atoms with van der Waals surface area (Å²) in [5.74, 6) is 0. The molecule has 0 aliphatic rings. The Balaban J connectivity index is 2.83. The third-order valence-electron chi connectivity index (χ3n) is 3.00. The number of nitrogens with zero attached hydrogens (tertiary/aromatic N) is 1. The third-order valence-corrected chi connectivity index (χ3v) is 3.00. The molecular formula is C13H22N2O4. The van der Waals surface area contributed by atoms with Gasteiger partial charge in [-0.2, -0.15) is 0 Å². The van der Waals surface area contributed by atoms with Gasteiger partial charge in [0.2, 0.25) is 0 Å². The molecule has 0 radical (unpaired) electrons. The van der Waals surface area contributed by atoms with Crippen molar-refractivity contribution < 1.29 is 9.47 Å². The monoisotopic (exact) mass is 270 g/mol. The van der Waals surface area contributed by atoms with E-state index >= 15 is 0 Å². The van der Waals surface area contributed by atoms with E-state index in [0.717, 1.165) is 0 Å². The van der Waals surface area contributed by atoms with Gasteiger partial charge in [-0.05, 0) is 27.7 Å². The molecular weight excluding hydrogens is 248 g/mol. The first-order chi connectivity index (χ1) is 9.01. The Kier molecular flexibility index (Phi) is 5.98. The highest BCUT2D eigenvalue weighted by Gasteiger charge is 2.11. The highest BCUT2D eigenvalue weighted by atomic mass is 16.7. The van der Waals surface area contributed by atoms with Crippen LogP contribution < -0.4 is 11.1 Å². The summed E-state index contributed by atoms with van der Waals surface area (Å²) in [5.41, 5.74) is 0.533. The lowest BCUT2D eigenvalue weighted by atomic mass is 10.2. The highest BCUT2D eigenvalue weighted by molar-refractivity contribution is 5.17. The molecule has 0 saturated carbocycles. The Bertz CT molecular complexity index is 512. The average molecular weight is 270 g/mol. The molecule has 1 aromatic heterocycles. The summed E-state index contributed by atoms with van der Waals surface area (Å²) in [6.45, 7) is 8.52. The quantitative estimate of drug-likeness (QED) is 0.748. The number of aromatic amines is 1. The van der Waals surface area contributed by atoms with Gasteiger partial charge in [0.25, 0.3) is 11.1 Å². The molecule has 0 saturated heterocycles. The number of rotatable bonds is 7. The Hall–Kier alpha value is -1.40. The van der Waals surface area contributed by atoms with Crippen LogP contribution in [-0.4, -0.2) is 29.3 Å². The maximum absolute atomic E-state index is 12.0. The van der Waals surface area contributed by atoms with Gasteiger partial charge in [0.05, 0.1) is 0 Å². The van der Waals surface area contributed by atoms with Crippen LogP contribution in [0.1, 0.15) is 31.4 Å². The Morgan fingerprint density at radius 2 is 1.68 bits per heavy atom. The number of nitrogens with one attached hydrogen (secondary N) is 1. The normalized spacial score (nSPS) is 11.2. The van der Waals surface area contributed by atoms with Crippen molar-refractivity contribution in [3.8, 4) is 0 Å². The SMILES string of the molecule is CCOC(CCn1[nH]c(=O)c(C)c(C)c1=O)OCC. The molecule has 6 heteroatoms. The van der Waals surface area contributed by atoms with Crippen molar-refractivity contribution in [2.24, 2.45) is 0 Å². The van der Waals surface area contributed by atoms with E-state index in [2.05, 4.69) is 5.10 Å². The molecule has 0 aromatic carbocycles. The number of hydrogen-bond donors (Lipinski definition) is 1. The van der Waals surface area contributed by atoms with Crippen LogP contribution in [0.15, 0.2) is 9.59 Å². The van der Waals surface area contributed by atoms with Crippen LogP contribution in [0.25, 0.3) is 0 Å². The first kappa shape index (κ1) is 15.7. The molecule has 0 amide bonds. The van der Waals surface area contributed by atoms with Gasteiger partial charge in [-0.15, -0.1) is 0 Å². The summed E-state index contributed by atoms with van der Waals surface area (Å²) in [6, 6.07) is 0. The number of H-pyrrole nitrogens is 1. The molecule has 0 aliphatic heterocycles. The lowest BCUT2D eigenvalue weighted by molar-refractivity contribution is -0.141. The fraction of sp³-hybridized carbons (Fsp3) is 0.692. The second-order valence-corrected chi connectivity index (χ2v) is 4.28. The fourth-order valence-corrected chi connectivity index (χ4v) is 1.77. The minimum Gasteiger partial charge on any atom is -0.353 e. The van der Waals surface area contributed by atoms with Gasteiger partial charge >= 0.3 is 0 Å². The van der Waals surface area contributed by atoms with Crippen molar-refractivity contribution in [2.75, 3.05) is 13.2 Å². The number of hydrogen-bond acceptors (Lipinski definition) is 4. The largest absolute Gasteiger partial charge is 0.353 e. The molecule has 19 heavy (non-hydrogen) atoms. The van der Waals surface area contributed by atoms with E-state index < -0.39 is 0 Å². The van der Waals surface area contributed by atoms with Gasteiger partial charge in [-0.1, -0.05) is 0 Å². The zero-order valence-corrected chi connectivity index (χ0v) is 12.0. The van der Waals surface area contributed by atoms with Gasteiger partial charge in [0.1, 0.15) is 0 Å². The fourth-order valence-electron chi connectivity index (χ4n) is 1.77. The van der Waals surface area contributed by atoms with Crippen molar-refractivity contribution in [3.63, 3.8) is 0 Å². The topological polar surface area (TPSA) is 73.3 Å². The molecule has 108 valence electrons. The summed E-state index contributed by atoms with van der Waals surface area (Å²) in [5, 5.41) is 2.56. The first-order valence-corrected chi connectivity index (χ1v) is 6.54. The molecule has 1 rings (SSSR count). The molecule has 1 aromatic rings. The molecule has 0 aliphatic carbocycles. The van der Waals surface area contributed by atoms with E-state index in [9.17, 15) is 9.59 Å². The molecule has 1 N–H and O–H groups in total. The number of ether oxygens (including phenoxy) is 2. The van der Waals surface area contributed by atoms with E-state index in [1.165, 1.54) is 4.68 Å². The Morgan fingerprint density at radius 3 is 2.21 bits per heavy atom. The van der Waals surface area contributed by atoms with E-state index in [0.29, 0.717) is 37.3 Å². The predicted octanol–water partition coefficient (Wildman–Crippen LogP) is 0.943. The minimum atomic E-state index is -0.355. The summed E-state index contributed by atoms with van der Waals surface area (Å²) >= 11 is 0. The Labute approximate surface area is 112 Å². The van der Waals surface area contributed by atoms with Gasteiger partial charge in [0, 0.05) is 37.3 Å². The summed E-state index contributed by atoms with van der Waals surface area (Å²) in [4.78, 5) is 23.6. The van der Waals surface area contributed by atoms with Crippen LogP contribution in [0, 0.1) is 13.8 Å². The molecule has 0 spiro atoms. The van der Waals surface area contributed by atoms with Gasteiger partial charge in [-0.3, -0.25) is 14.7 Å². The zero-order valence-electron chi connectivity index (χ0n) is 12.0. The third kappa shape index (κ3) is 4.04. The molecule has 0 bridgehead atoms. The van der Waals surface area contributed by atoms with Gasteiger partial charge < -0.3 is 9.47 Å².